The minimum absolute atomic E-state index is 0. The van der Waals surface area contributed by atoms with Crippen molar-refractivity contribution in [2.24, 2.45) is 0 Å². The Labute approximate surface area is 215 Å². The summed E-state index contributed by atoms with van der Waals surface area (Å²) in [5.74, 6) is -3.39. The summed E-state index contributed by atoms with van der Waals surface area (Å²) in [6.07, 6.45) is 6.63. The molecule has 3 nitrogen and oxygen atoms in total. The van der Waals surface area contributed by atoms with Crippen LogP contribution in [0.4, 0.5) is 13.2 Å². The normalized spacial score (nSPS) is 10.1. The van der Waals surface area contributed by atoms with Gasteiger partial charge in [-0.05, 0) is 47.6 Å². The van der Waals surface area contributed by atoms with Gasteiger partial charge in [0.25, 0.3) is 0 Å². The van der Waals surface area contributed by atoms with Crippen LogP contribution in [0.3, 0.4) is 0 Å². The maximum atomic E-state index is 13.8. The van der Waals surface area contributed by atoms with Gasteiger partial charge in [-0.2, -0.15) is 0 Å². The summed E-state index contributed by atoms with van der Waals surface area (Å²) in [4.78, 5) is 12.3. The largest absolute Gasteiger partial charge is 0.305 e. The quantitative estimate of drug-likeness (QED) is 0.159. The van der Waals surface area contributed by atoms with E-state index in [4.69, 9.17) is 0 Å². The van der Waals surface area contributed by atoms with E-state index in [0.29, 0.717) is 6.07 Å². The maximum Gasteiger partial charge on any atom is 0.0792 e. The summed E-state index contributed by atoms with van der Waals surface area (Å²) in [6.45, 7) is 1.81. The maximum absolute atomic E-state index is 13.8. The predicted octanol–water partition coefficient (Wildman–Crippen LogP) is 6.88. The second-order valence-electron chi connectivity index (χ2n) is 7.27. The molecular weight excluding hydrogens is 628 g/mol. The van der Waals surface area contributed by atoms with Crippen molar-refractivity contribution in [1.29, 1.82) is 0 Å². The van der Waals surface area contributed by atoms with Crippen LogP contribution < -0.4 is 0 Å². The third kappa shape index (κ3) is 6.47. The number of benzene rings is 2. The van der Waals surface area contributed by atoms with E-state index in [-0.39, 0.29) is 31.4 Å². The molecule has 7 heteroatoms. The molecule has 1 radical (unpaired) electrons. The van der Waals surface area contributed by atoms with Crippen molar-refractivity contribution in [3.8, 4) is 33.6 Å². The Kier molecular flexibility index (Phi) is 9.01. The molecule has 5 aromatic rings. The van der Waals surface area contributed by atoms with Crippen LogP contribution >= 0.6 is 0 Å². The molecule has 0 atom stereocenters. The molecular formula is C28H18F3IrN3-2. The molecule has 0 saturated carbocycles. The van der Waals surface area contributed by atoms with Crippen molar-refractivity contribution < 1.29 is 33.3 Å². The second kappa shape index (κ2) is 12.2. The molecule has 0 aliphatic carbocycles. The summed E-state index contributed by atoms with van der Waals surface area (Å²) in [5, 5.41) is 0. The number of aromatic nitrogens is 3. The van der Waals surface area contributed by atoms with Crippen LogP contribution in [0.2, 0.25) is 0 Å². The van der Waals surface area contributed by atoms with Gasteiger partial charge >= 0.3 is 0 Å². The number of rotatable bonds is 3. The zero-order chi connectivity index (χ0) is 23.9. The monoisotopic (exact) mass is 646 g/mol. The van der Waals surface area contributed by atoms with Gasteiger partial charge in [-0.3, -0.25) is 9.37 Å². The van der Waals surface area contributed by atoms with Crippen LogP contribution in [-0.2, 0) is 20.1 Å². The smallest absolute Gasteiger partial charge is 0.0792 e. The molecule has 0 amide bonds. The fraction of sp³-hybridized carbons (Fsp3) is 0.0357. The SMILES string of the molecule is Cc1cc(-c2[c-]c(F)cc(F)c2F)ncc1-c1ccncc1.[Ir].[c-]1ccccc1-c1ccccn1. The summed E-state index contributed by atoms with van der Waals surface area (Å²) in [5.41, 5.74) is 4.36. The van der Waals surface area contributed by atoms with Gasteiger partial charge in [0, 0.05) is 56.3 Å². The second-order valence-corrected chi connectivity index (χ2v) is 7.27. The molecule has 0 N–H and O–H groups in total. The van der Waals surface area contributed by atoms with E-state index in [9.17, 15) is 13.2 Å². The fourth-order valence-electron chi connectivity index (χ4n) is 3.28. The molecule has 177 valence electrons. The third-order valence-electron chi connectivity index (χ3n) is 4.94. The molecule has 0 spiro atoms. The molecule has 0 aliphatic heterocycles. The summed E-state index contributed by atoms with van der Waals surface area (Å²) >= 11 is 0. The Morgan fingerprint density at radius 1 is 0.800 bits per heavy atom. The minimum Gasteiger partial charge on any atom is -0.305 e. The predicted molar refractivity (Wildman–Crippen MR) is 125 cm³/mol. The van der Waals surface area contributed by atoms with Gasteiger partial charge in [-0.25, -0.2) is 8.78 Å². The van der Waals surface area contributed by atoms with Crippen LogP contribution in [0.25, 0.3) is 33.6 Å². The average Bonchev–Trinajstić information content (AvgIpc) is 2.88. The molecule has 3 aromatic heterocycles. The van der Waals surface area contributed by atoms with Crippen molar-refractivity contribution in [3.05, 3.63) is 127 Å². The number of hydrogen-bond donors (Lipinski definition) is 0. The first-order valence-electron chi connectivity index (χ1n) is 10.4. The molecule has 0 fully saturated rings. The fourth-order valence-corrected chi connectivity index (χ4v) is 3.28. The third-order valence-corrected chi connectivity index (χ3v) is 4.94. The molecule has 0 unspecified atom stereocenters. The van der Waals surface area contributed by atoms with Crippen molar-refractivity contribution in [3.63, 3.8) is 0 Å². The van der Waals surface area contributed by atoms with Gasteiger partial charge < -0.3 is 9.97 Å². The van der Waals surface area contributed by atoms with Crippen molar-refractivity contribution >= 4 is 0 Å². The molecule has 3 heterocycles. The van der Waals surface area contributed by atoms with Gasteiger partial charge in [-0.1, -0.05) is 29.8 Å². The Morgan fingerprint density at radius 2 is 1.57 bits per heavy atom. The number of hydrogen-bond acceptors (Lipinski definition) is 3. The Morgan fingerprint density at radius 3 is 2.23 bits per heavy atom. The number of nitrogens with zero attached hydrogens (tertiary/aromatic N) is 3. The molecule has 0 aliphatic rings. The van der Waals surface area contributed by atoms with E-state index >= 15 is 0 Å². The van der Waals surface area contributed by atoms with E-state index in [1.165, 1.54) is 6.20 Å². The first-order valence-corrected chi connectivity index (χ1v) is 10.4. The van der Waals surface area contributed by atoms with E-state index in [1.807, 2.05) is 61.5 Å². The Balaban J connectivity index is 0.000000223. The summed E-state index contributed by atoms with van der Waals surface area (Å²) in [7, 11) is 0. The van der Waals surface area contributed by atoms with E-state index in [2.05, 4.69) is 27.1 Å². The molecule has 0 bridgehead atoms. The van der Waals surface area contributed by atoms with E-state index in [0.717, 1.165) is 27.9 Å². The summed E-state index contributed by atoms with van der Waals surface area (Å²) in [6, 6.07) is 24.6. The van der Waals surface area contributed by atoms with E-state index in [1.54, 1.807) is 24.7 Å². The van der Waals surface area contributed by atoms with Gasteiger partial charge in [0.2, 0.25) is 0 Å². The van der Waals surface area contributed by atoms with Gasteiger partial charge in [0.1, 0.15) is 0 Å². The molecule has 2 aromatic carbocycles. The topological polar surface area (TPSA) is 38.7 Å². The standard InChI is InChI=1S/C17H10F3N2.C11H8N.Ir/c1-10-6-16(13-7-12(18)8-15(19)17(13)20)22-9-14(10)11-2-4-21-5-3-11;1-2-6-10(7-3-1)11-8-4-5-9-12-11;/h2-6,8-9H,1H3;1-6,8-9H;/q2*-1;. The Bertz CT molecular complexity index is 1350. The van der Waals surface area contributed by atoms with Gasteiger partial charge in [0.15, 0.2) is 0 Å². The van der Waals surface area contributed by atoms with E-state index < -0.39 is 17.5 Å². The van der Waals surface area contributed by atoms with Crippen LogP contribution in [0.5, 0.6) is 0 Å². The van der Waals surface area contributed by atoms with Crippen LogP contribution in [0.1, 0.15) is 5.56 Å². The van der Waals surface area contributed by atoms with Crippen molar-refractivity contribution in [2.45, 2.75) is 6.92 Å². The van der Waals surface area contributed by atoms with Crippen molar-refractivity contribution in [1.82, 2.24) is 15.0 Å². The first-order chi connectivity index (χ1) is 16.5. The summed E-state index contributed by atoms with van der Waals surface area (Å²) < 4.78 is 40.3. The first kappa shape index (κ1) is 25.9. The minimum atomic E-state index is -1.26. The number of halogens is 3. The van der Waals surface area contributed by atoms with Gasteiger partial charge in [0.05, 0.1) is 11.6 Å². The zero-order valence-electron chi connectivity index (χ0n) is 18.5. The van der Waals surface area contributed by atoms with Crippen LogP contribution in [0.15, 0.2) is 91.5 Å². The molecule has 0 saturated heterocycles. The van der Waals surface area contributed by atoms with Crippen LogP contribution in [-0.4, -0.2) is 15.0 Å². The van der Waals surface area contributed by atoms with Crippen molar-refractivity contribution in [2.75, 3.05) is 0 Å². The zero-order valence-corrected chi connectivity index (χ0v) is 20.9. The Hall–Kier alpha value is -3.67. The number of pyridine rings is 3. The molecule has 35 heavy (non-hydrogen) atoms. The molecule has 5 rings (SSSR count). The van der Waals surface area contributed by atoms with Crippen LogP contribution in [0, 0.1) is 36.5 Å². The number of aryl methyl sites for hydroxylation is 1. The van der Waals surface area contributed by atoms with Gasteiger partial charge in [-0.15, -0.1) is 42.0 Å². The average molecular weight is 646 g/mol.